The number of benzene rings is 2. The first-order valence-electron chi connectivity index (χ1n) is 7.68. The van der Waals surface area contributed by atoms with Crippen molar-refractivity contribution in [2.75, 3.05) is 0 Å². The van der Waals surface area contributed by atoms with Crippen LogP contribution in [0.15, 0.2) is 58.2 Å². The van der Waals surface area contributed by atoms with Crippen LogP contribution >= 0.6 is 0 Å². The zero-order chi connectivity index (χ0) is 18.9. The van der Waals surface area contributed by atoms with Crippen LogP contribution in [-0.2, 0) is 10.0 Å². The van der Waals surface area contributed by atoms with Gasteiger partial charge in [-0.15, -0.1) is 0 Å². The van der Waals surface area contributed by atoms with Gasteiger partial charge in [-0.3, -0.25) is 14.7 Å². The number of para-hydroxylation sites is 1. The molecular formula is C17H16N4O4S. The third-order valence-electron chi connectivity index (χ3n) is 3.95. The molecule has 2 aromatic carbocycles. The number of hydrogen-bond acceptors (Lipinski definition) is 5. The molecule has 0 saturated carbocycles. The predicted octanol–water partition coefficient (Wildman–Crippen LogP) is 1.06. The molecule has 0 saturated heterocycles. The number of nitrogens with zero attached hydrogens (tertiary/aromatic N) is 1. The van der Waals surface area contributed by atoms with Crippen LogP contribution in [0, 0.1) is 0 Å². The topological polar surface area (TPSA) is 135 Å². The van der Waals surface area contributed by atoms with Gasteiger partial charge in [0.15, 0.2) is 5.69 Å². The molecule has 0 radical (unpaired) electrons. The highest BCUT2D eigenvalue weighted by Gasteiger charge is 2.18. The summed E-state index contributed by atoms with van der Waals surface area (Å²) in [5.74, 6) is -0.625. The molecule has 0 spiro atoms. The van der Waals surface area contributed by atoms with Crippen molar-refractivity contribution in [3.63, 3.8) is 0 Å². The number of carbonyl (C=O) groups is 1. The molecule has 0 aliphatic heterocycles. The zero-order valence-corrected chi connectivity index (χ0v) is 14.6. The maximum absolute atomic E-state index is 12.4. The van der Waals surface area contributed by atoms with E-state index in [9.17, 15) is 18.0 Å². The van der Waals surface area contributed by atoms with Gasteiger partial charge in [0.05, 0.1) is 16.5 Å². The fraction of sp³-hybridized carbons (Fsp3) is 0.118. The number of aromatic amines is 1. The molecule has 9 heteroatoms. The van der Waals surface area contributed by atoms with Crippen molar-refractivity contribution in [1.29, 1.82) is 0 Å². The van der Waals surface area contributed by atoms with Crippen LogP contribution in [0.1, 0.15) is 29.0 Å². The van der Waals surface area contributed by atoms with Crippen LogP contribution in [0.2, 0.25) is 0 Å². The van der Waals surface area contributed by atoms with Crippen LogP contribution < -0.4 is 15.9 Å². The monoisotopic (exact) mass is 372 g/mol. The summed E-state index contributed by atoms with van der Waals surface area (Å²) in [7, 11) is -3.78. The summed E-state index contributed by atoms with van der Waals surface area (Å²) in [6, 6.07) is 12.1. The second-order valence-corrected chi connectivity index (χ2v) is 7.32. The molecule has 0 fully saturated rings. The Kier molecular flexibility index (Phi) is 4.58. The summed E-state index contributed by atoms with van der Waals surface area (Å²) in [5, 5.41) is 14.6. The predicted molar refractivity (Wildman–Crippen MR) is 96.1 cm³/mol. The van der Waals surface area contributed by atoms with E-state index < -0.39 is 27.4 Å². The van der Waals surface area contributed by atoms with E-state index in [1.807, 2.05) is 0 Å². The van der Waals surface area contributed by atoms with Crippen LogP contribution in [0.5, 0.6) is 0 Å². The van der Waals surface area contributed by atoms with Crippen molar-refractivity contribution in [2.24, 2.45) is 5.14 Å². The molecule has 3 rings (SSSR count). The van der Waals surface area contributed by atoms with E-state index in [1.54, 1.807) is 43.3 Å². The molecule has 1 amide bonds. The lowest BCUT2D eigenvalue weighted by Gasteiger charge is -2.14. The SMILES string of the molecule is CC(NC(=O)c1n[nH]c2ccccc2c1=O)c1ccc(S(N)(=O)=O)cc1. The molecule has 134 valence electrons. The maximum Gasteiger partial charge on any atom is 0.276 e. The van der Waals surface area contributed by atoms with Gasteiger partial charge in [-0.05, 0) is 36.8 Å². The molecule has 26 heavy (non-hydrogen) atoms. The first kappa shape index (κ1) is 17.8. The van der Waals surface area contributed by atoms with Gasteiger partial charge in [0.1, 0.15) is 0 Å². The third kappa shape index (κ3) is 3.48. The molecule has 8 nitrogen and oxygen atoms in total. The average molecular weight is 372 g/mol. The lowest BCUT2D eigenvalue weighted by Crippen LogP contribution is -2.32. The fourth-order valence-corrected chi connectivity index (χ4v) is 3.04. The molecular weight excluding hydrogens is 356 g/mol. The standard InChI is InChI=1S/C17H16N4O4S/c1-10(11-6-8-12(9-7-11)26(18,24)25)19-17(23)15-16(22)13-4-2-3-5-14(13)20-21-15/h2-10H,1H3,(H,19,23)(H,20,22)(H2,18,24,25). The minimum absolute atomic E-state index is 0.0209. The van der Waals surface area contributed by atoms with Crippen LogP contribution in [0.3, 0.4) is 0 Å². The smallest absolute Gasteiger partial charge is 0.276 e. The molecule has 3 aromatic rings. The van der Waals surface area contributed by atoms with Crippen molar-refractivity contribution in [2.45, 2.75) is 17.9 Å². The number of nitrogens with one attached hydrogen (secondary N) is 2. The summed E-state index contributed by atoms with van der Waals surface area (Å²) >= 11 is 0. The Morgan fingerprint density at radius 2 is 1.81 bits per heavy atom. The Bertz CT molecular complexity index is 1140. The Labute approximate surface area is 149 Å². The van der Waals surface area contributed by atoms with Crippen LogP contribution in [0.4, 0.5) is 0 Å². The summed E-state index contributed by atoms with van der Waals surface area (Å²) in [6.07, 6.45) is 0. The lowest BCUT2D eigenvalue weighted by atomic mass is 10.1. The van der Waals surface area contributed by atoms with Gasteiger partial charge in [-0.1, -0.05) is 24.3 Å². The van der Waals surface area contributed by atoms with E-state index in [0.717, 1.165) is 0 Å². The van der Waals surface area contributed by atoms with E-state index in [-0.39, 0.29) is 10.6 Å². The van der Waals surface area contributed by atoms with Crippen molar-refractivity contribution >= 4 is 26.8 Å². The summed E-state index contributed by atoms with van der Waals surface area (Å²) in [5.41, 5.74) is 0.494. The number of fused-ring (bicyclic) bond motifs is 1. The van der Waals surface area contributed by atoms with Gasteiger partial charge >= 0.3 is 0 Å². The maximum atomic E-state index is 12.4. The van der Waals surface area contributed by atoms with Gasteiger partial charge in [-0.2, -0.15) is 5.10 Å². The first-order valence-corrected chi connectivity index (χ1v) is 9.23. The normalized spacial score (nSPS) is 12.7. The van der Waals surface area contributed by atoms with Gasteiger partial charge in [0.2, 0.25) is 15.5 Å². The van der Waals surface area contributed by atoms with Crippen molar-refractivity contribution in [3.8, 4) is 0 Å². The molecule has 0 bridgehead atoms. The molecule has 1 unspecified atom stereocenters. The molecule has 1 aromatic heterocycles. The highest BCUT2D eigenvalue weighted by Crippen LogP contribution is 2.16. The molecule has 1 atom stereocenters. The minimum Gasteiger partial charge on any atom is -0.344 e. The van der Waals surface area contributed by atoms with Crippen molar-refractivity contribution in [1.82, 2.24) is 15.5 Å². The Morgan fingerprint density at radius 1 is 1.15 bits per heavy atom. The molecule has 0 aliphatic rings. The number of aromatic nitrogens is 2. The van der Waals surface area contributed by atoms with Crippen molar-refractivity contribution < 1.29 is 13.2 Å². The highest BCUT2D eigenvalue weighted by atomic mass is 32.2. The van der Waals surface area contributed by atoms with Gasteiger partial charge in [0.25, 0.3) is 5.91 Å². The van der Waals surface area contributed by atoms with Gasteiger partial charge in [0, 0.05) is 5.39 Å². The summed E-state index contributed by atoms with van der Waals surface area (Å²) in [4.78, 5) is 24.8. The van der Waals surface area contributed by atoms with E-state index >= 15 is 0 Å². The summed E-state index contributed by atoms with van der Waals surface area (Å²) < 4.78 is 22.6. The quantitative estimate of drug-likeness (QED) is 0.629. The molecule has 0 aliphatic carbocycles. The lowest BCUT2D eigenvalue weighted by molar-refractivity contribution is 0.0933. The van der Waals surface area contributed by atoms with E-state index in [0.29, 0.717) is 16.5 Å². The second-order valence-electron chi connectivity index (χ2n) is 5.76. The Hall–Kier alpha value is -3.04. The van der Waals surface area contributed by atoms with Gasteiger partial charge < -0.3 is 5.32 Å². The number of hydrogen-bond donors (Lipinski definition) is 3. The van der Waals surface area contributed by atoms with E-state index in [2.05, 4.69) is 15.5 Å². The average Bonchev–Trinajstić information content (AvgIpc) is 2.61. The number of rotatable bonds is 4. The zero-order valence-electron chi connectivity index (χ0n) is 13.8. The number of H-pyrrole nitrogens is 1. The number of carbonyl (C=O) groups excluding carboxylic acids is 1. The van der Waals surface area contributed by atoms with E-state index in [1.165, 1.54) is 12.1 Å². The van der Waals surface area contributed by atoms with Crippen LogP contribution in [0.25, 0.3) is 10.9 Å². The van der Waals surface area contributed by atoms with Crippen molar-refractivity contribution in [3.05, 3.63) is 70.0 Å². The first-order chi connectivity index (χ1) is 12.3. The molecule has 4 N–H and O–H groups in total. The summed E-state index contributed by atoms with van der Waals surface area (Å²) in [6.45, 7) is 1.71. The Balaban J connectivity index is 1.84. The number of primary sulfonamides is 1. The Morgan fingerprint density at radius 3 is 2.46 bits per heavy atom. The number of amides is 1. The largest absolute Gasteiger partial charge is 0.344 e. The number of sulfonamides is 1. The minimum atomic E-state index is -3.78. The third-order valence-corrected chi connectivity index (χ3v) is 4.88. The molecule has 1 heterocycles. The van der Waals surface area contributed by atoms with Gasteiger partial charge in [-0.25, -0.2) is 13.6 Å². The number of nitrogens with two attached hydrogens (primary N) is 1. The second kappa shape index (κ2) is 6.70. The van der Waals surface area contributed by atoms with E-state index in [4.69, 9.17) is 5.14 Å². The highest BCUT2D eigenvalue weighted by molar-refractivity contribution is 7.89. The fourth-order valence-electron chi connectivity index (χ4n) is 2.52. The van der Waals surface area contributed by atoms with Crippen LogP contribution in [-0.4, -0.2) is 24.5 Å².